The van der Waals surface area contributed by atoms with Gasteiger partial charge in [-0.15, -0.1) is 0 Å². The van der Waals surface area contributed by atoms with E-state index in [-0.39, 0.29) is 24.1 Å². The fourth-order valence-corrected chi connectivity index (χ4v) is 3.48. The van der Waals surface area contributed by atoms with Gasteiger partial charge in [-0.25, -0.2) is 13.2 Å². The first-order valence-corrected chi connectivity index (χ1v) is 8.14. The molecule has 2 amide bonds. The van der Waals surface area contributed by atoms with Gasteiger partial charge in [-0.3, -0.25) is 4.79 Å². The number of carboxylic acid groups (broad SMARTS) is 1. The second kappa shape index (κ2) is 6.74. The van der Waals surface area contributed by atoms with Crippen LogP contribution in [0.2, 0.25) is 0 Å². The van der Waals surface area contributed by atoms with Crippen LogP contribution in [-0.2, 0) is 14.6 Å². The van der Waals surface area contributed by atoms with Crippen molar-refractivity contribution in [3.63, 3.8) is 0 Å². The predicted octanol–water partition coefficient (Wildman–Crippen LogP) is 0.0698. The molecule has 0 aromatic heterocycles. The SMILES string of the molecule is CCCN(CC(=O)O)C(=O)NC1CCS(=O)(=O)CC1. The number of carboxylic acids is 1. The number of hydrogen-bond acceptors (Lipinski definition) is 4. The number of aliphatic carboxylic acids is 1. The van der Waals surface area contributed by atoms with Crippen molar-refractivity contribution in [1.29, 1.82) is 0 Å². The highest BCUT2D eigenvalue weighted by Gasteiger charge is 2.26. The number of carbonyl (C=O) groups excluding carboxylic acids is 1. The zero-order valence-corrected chi connectivity index (χ0v) is 11.8. The molecule has 19 heavy (non-hydrogen) atoms. The third-order valence-electron chi connectivity index (χ3n) is 2.99. The highest BCUT2D eigenvalue weighted by molar-refractivity contribution is 7.91. The molecule has 0 bridgehead atoms. The summed E-state index contributed by atoms with van der Waals surface area (Å²) in [5.41, 5.74) is 0. The maximum Gasteiger partial charge on any atom is 0.323 e. The predicted molar refractivity (Wildman–Crippen MR) is 69.7 cm³/mol. The van der Waals surface area contributed by atoms with Crippen LogP contribution in [0.5, 0.6) is 0 Å². The van der Waals surface area contributed by atoms with E-state index < -0.39 is 21.8 Å². The van der Waals surface area contributed by atoms with Crippen LogP contribution in [0.4, 0.5) is 4.79 Å². The monoisotopic (exact) mass is 292 g/mol. The molecule has 0 aromatic carbocycles. The number of nitrogens with zero attached hydrogens (tertiary/aromatic N) is 1. The summed E-state index contributed by atoms with van der Waals surface area (Å²) in [5.74, 6) is -0.912. The van der Waals surface area contributed by atoms with Crippen molar-refractivity contribution < 1.29 is 23.1 Å². The molecule has 1 fully saturated rings. The fraction of sp³-hybridized carbons (Fsp3) is 0.818. The van der Waals surface area contributed by atoms with Crippen molar-refractivity contribution in [2.24, 2.45) is 0 Å². The van der Waals surface area contributed by atoms with Crippen molar-refractivity contribution in [2.75, 3.05) is 24.6 Å². The van der Waals surface area contributed by atoms with Crippen molar-refractivity contribution in [1.82, 2.24) is 10.2 Å². The molecule has 0 unspecified atom stereocenters. The van der Waals surface area contributed by atoms with E-state index in [0.29, 0.717) is 25.8 Å². The van der Waals surface area contributed by atoms with E-state index in [9.17, 15) is 18.0 Å². The first kappa shape index (κ1) is 15.7. The third kappa shape index (κ3) is 5.46. The molecule has 7 nitrogen and oxygen atoms in total. The van der Waals surface area contributed by atoms with Crippen LogP contribution in [0.1, 0.15) is 26.2 Å². The van der Waals surface area contributed by atoms with E-state index >= 15 is 0 Å². The Kier molecular flexibility index (Phi) is 5.59. The van der Waals surface area contributed by atoms with Crippen molar-refractivity contribution in [3.8, 4) is 0 Å². The van der Waals surface area contributed by atoms with E-state index in [1.807, 2.05) is 6.92 Å². The lowest BCUT2D eigenvalue weighted by atomic mass is 10.1. The summed E-state index contributed by atoms with van der Waals surface area (Å²) in [5, 5.41) is 11.4. The topological polar surface area (TPSA) is 104 Å². The highest BCUT2D eigenvalue weighted by atomic mass is 32.2. The first-order valence-electron chi connectivity index (χ1n) is 6.31. The fourth-order valence-electron chi connectivity index (χ4n) is 1.99. The molecule has 0 atom stereocenters. The number of urea groups is 1. The Morgan fingerprint density at radius 2 is 1.89 bits per heavy atom. The van der Waals surface area contributed by atoms with Gasteiger partial charge in [0.25, 0.3) is 0 Å². The zero-order chi connectivity index (χ0) is 14.5. The van der Waals surface area contributed by atoms with Gasteiger partial charge in [-0.2, -0.15) is 0 Å². The van der Waals surface area contributed by atoms with Crippen molar-refractivity contribution >= 4 is 21.8 Å². The molecule has 0 aliphatic carbocycles. The second-order valence-electron chi connectivity index (χ2n) is 4.69. The zero-order valence-electron chi connectivity index (χ0n) is 11.0. The minimum atomic E-state index is -2.96. The Labute approximate surface area is 112 Å². The minimum Gasteiger partial charge on any atom is -0.480 e. The average molecular weight is 292 g/mol. The molecule has 1 heterocycles. The number of rotatable bonds is 5. The molecule has 1 rings (SSSR count). The molecule has 2 N–H and O–H groups in total. The molecule has 8 heteroatoms. The first-order chi connectivity index (χ1) is 8.84. The quantitative estimate of drug-likeness (QED) is 0.746. The number of carbonyl (C=O) groups is 2. The Balaban J connectivity index is 2.50. The standard InChI is InChI=1S/C11H20N2O5S/c1-2-5-13(8-10(14)15)11(16)12-9-3-6-19(17,18)7-4-9/h9H,2-8H2,1H3,(H,12,16)(H,14,15). The van der Waals surface area contributed by atoms with Gasteiger partial charge >= 0.3 is 12.0 Å². The highest BCUT2D eigenvalue weighted by Crippen LogP contribution is 2.12. The lowest BCUT2D eigenvalue weighted by molar-refractivity contribution is -0.137. The molecule has 0 spiro atoms. The summed E-state index contributed by atoms with van der Waals surface area (Å²) in [6.45, 7) is 1.88. The Morgan fingerprint density at radius 1 is 1.32 bits per heavy atom. The van der Waals surface area contributed by atoms with Crippen molar-refractivity contribution in [3.05, 3.63) is 0 Å². The van der Waals surface area contributed by atoms with Crippen LogP contribution < -0.4 is 5.32 Å². The lowest BCUT2D eigenvalue weighted by Gasteiger charge is -2.27. The minimum absolute atomic E-state index is 0.0741. The summed E-state index contributed by atoms with van der Waals surface area (Å²) in [6.07, 6.45) is 1.45. The van der Waals surface area contributed by atoms with Gasteiger partial charge in [-0.1, -0.05) is 6.92 Å². The van der Waals surface area contributed by atoms with Gasteiger partial charge in [0, 0.05) is 12.6 Å². The van der Waals surface area contributed by atoms with E-state index in [1.165, 1.54) is 4.90 Å². The molecule has 110 valence electrons. The summed E-state index contributed by atoms with van der Waals surface area (Å²) in [4.78, 5) is 23.8. The van der Waals surface area contributed by atoms with E-state index in [2.05, 4.69) is 5.32 Å². The third-order valence-corrected chi connectivity index (χ3v) is 4.70. The number of nitrogens with one attached hydrogen (secondary N) is 1. The van der Waals surface area contributed by atoms with E-state index in [1.54, 1.807) is 0 Å². The Hall–Kier alpha value is -1.31. The smallest absolute Gasteiger partial charge is 0.323 e. The van der Waals surface area contributed by atoms with Crippen LogP contribution in [0.3, 0.4) is 0 Å². The largest absolute Gasteiger partial charge is 0.480 e. The maximum absolute atomic E-state index is 11.9. The van der Waals surface area contributed by atoms with E-state index in [0.717, 1.165) is 0 Å². The van der Waals surface area contributed by atoms with Crippen molar-refractivity contribution in [2.45, 2.75) is 32.2 Å². The van der Waals surface area contributed by atoms with E-state index in [4.69, 9.17) is 5.11 Å². The summed E-state index contributed by atoms with van der Waals surface area (Å²) in [6, 6.07) is -0.627. The maximum atomic E-state index is 11.9. The molecular weight excluding hydrogens is 272 g/mol. The number of hydrogen-bond donors (Lipinski definition) is 2. The van der Waals surface area contributed by atoms with Crippen LogP contribution in [0.25, 0.3) is 0 Å². The van der Waals surface area contributed by atoms with Crippen LogP contribution in [0.15, 0.2) is 0 Å². The van der Waals surface area contributed by atoms with Crippen LogP contribution >= 0.6 is 0 Å². The molecule has 0 radical (unpaired) electrons. The van der Waals surface area contributed by atoms with Gasteiger partial charge in [-0.05, 0) is 19.3 Å². The van der Waals surface area contributed by atoms with Crippen LogP contribution in [-0.4, -0.2) is 61.1 Å². The van der Waals surface area contributed by atoms with Gasteiger partial charge in [0.05, 0.1) is 11.5 Å². The molecule has 1 saturated heterocycles. The van der Waals surface area contributed by atoms with Gasteiger partial charge in [0.15, 0.2) is 0 Å². The molecule has 0 aromatic rings. The molecular formula is C11H20N2O5S. The van der Waals surface area contributed by atoms with Gasteiger partial charge < -0.3 is 15.3 Å². The number of amides is 2. The summed E-state index contributed by atoms with van der Waals surface area (Å²) >= 11 is 0. The van der Waals surface area contributed by atoms with Crippen LogP contribution in [0, 0.1) is 0 Å². The summed E-state index contributed by atoms with van der Waals surface area (Å²) in [7, 11) is -2.96. The average Bonchev–Trinajstić information content (AvgIpc) is 2.31. The lowest BCUT2D eigenvalue weighted by Crippen LogP contribution is -2.49. The second-order valence-corrected chi connectivity index (χ2v) is 6.99. The van der Waals surface area contributed by atoms with Gasteiger partial charge in [0.2, 0.25) is 0 Å². The Morgan fingerprint density at radius 3 is 2.37 bits per heavy atom. The van der Waals surface area contributed by atoms with Gasteiger partial charge in [0.1, 0.15) is 16.4 Å². The molecule has 0 saturated carbocycles. The summed E-state index contributed by atoms with van der Waals surface area (Å²) < 4.78 is 22.5. The molecule has 1 aliphatic heterocycles. The Bertz CT molecular complexity index is 420. The molecule has 1 aliphatic rings. The normalized spacial score (nSPS) is 18.8. The number of sulfone groups is 1.